The third-order valence-corrected chi connectivity index (χ3v) is 2.82. The lowest BCUT2D eigenvalue weighted by molar-refractivity contribution is -0.145. The van der Waals surface area contributed by atoms with Crippen LogP contribution in [0.4, 0.5) is 0 Å². The fourth-order valence-electron chi connectivity index (χ4n) is 2.01. The van der Waals surface area contributed by atoms with Crippen LogP contribution in [0.25, 0.3) is 0 Å². The number of H-pyrrole nitrogens is 1. The fraction of sp³-hybridized carbons (Fsp3) is 0.455. The van der Waals surface area contributed by atoms with Crippen molar-refractivity contribution < 1.29 is 14.3 Å². The Morgan fingerprint density at radius 1 is 1.56 bits per heavy atom. The van der Waals surface area contributed by atoms with Crippen molar-refractivity contribution >= 4 is 11.9 Å². The zero-order valence-corrected chi connectivity index (χ0v) is 9.10. The molecule has 5 nitrogen and oxygen atoms in total. The van der Waals surface area contributed by atoms with Crippen LogP contribution in [0.1, 0.15) is 23.3 Å². The molecule has 2 heterocycles. The summed E-state index contributed by atoms with van der Waals surface area (Å²) in [6.07, 6.45) is 3.21. The molecule has 0 bridgehead atoms. The summed E-state index contributed by atoms with van der Waals surface area (Å²) in [5.41, 5.74) is 0.510. The van der Waals surface area contributed by atoms with Gasteiger partial charge in [0.15, 0.2) is 0 Å². The van der Waals surface area contributed by atoms with Gasteiger partial charge < -0.3 is 14.6 Å². The highest BCUT2D eigenvalue weighted by atomic mass is 16.5. The van der Waals surface area contributed by atoms with Crippen molar-refractivity contribution in [3.05, 3.63) is 24.0 Å². The summed E-state index contributed by atoms with van der Waals surface area (Å²) in [6.45, 7) is 0.609. The zero-order chi connectivity index (χ0) is 11.5. The molecule has 0 saturated carbocycles. The molecule has 2 rings (SSSR count). The third-order valence-electron chi connectivity index (χ3n) is 2.82. The highest BCUT2D eigenvalue weighted by Crippen LogP contribution is 2.20. The second-order valence-corrected chi connectivity index (χ2v) is 3.76. The van der Waals surface area contributed by atoms with Crippen LogP contribution < -0.4 is 0 Å². The molecule has 0 radical (unpaired) electrons. The first-order valence-corrected chi connectivity index (χ1v) is 5.26. The van der Waals surface area contributed by atoms with Crippen LogP contribution in [0.2, 0.25) is 0 Å². The lowest BCUT2D eigenvalue weighted by Crippen LogP contribution is -2.41. The maximum Gasteiger partial charge on any atom is 0.328 e. The molecule has 1 N–H and O–H groups in total. The van der Waals surface area contributed by atoms with Gasteiger partial charge in [0, 0.05) is 12.7 Å². The van der Waals surface area contributed by atoms with Crippen molar-refractivity contribution in [2.45, 2.75) is 18.9 Å². The van der Waals surface area contributed by atoms with E-state index in [-0.39, 0.29) is 11.9 Å². The van der Waals surface area contributed by atoms with E-state index in [2.05, 4.69) is 9.72 Å². The van der Waals surface area contributed by atoms with Crippen LogP contribution >= 0.6 is 0 Å². The predicted octanol–water partition coefficient (Wildman–Crippen LogP) is 0.792. The molecule has 0 aromatic carbocycles. The van der Waals surface area contributed by atoms with Crippen molar-refractivity contribution in [1.82, 2.24) is 9.88 Å². The molecule has 1 aromatic heterocycles. The molecule has 1 aliphatic rings. The SMILES string of the molecule is COC(=O)[C@@H]1CCCN1C(=O)c1ccc[nH]1. The van der Waals surface area contributed by atoms with Crippen LogP contribution in [-0.2, 0) is 9.53 Å². The molecule has 5 heteroatoms. The van der Waals surface area contributed by atoms with Gasteiger partial charge in [-0.25, -0.2) is 4.79 Å². The first-order valence-electron chi connectivity index (χ1n) is 5.26. The van der Waals surface area contributed by atoms with Gasteiger partial charge in [-0.15, -0.1) is 0 Å². The van der Waals surface area contributed by atoms with E-state index < -0.39 is 6.04 Å². The van der Waals surface area contributed by atoms with Crippen LogP contribution in [0.5, 0.6) is 0 Å². The molecule has 0 aliphatic carbocycles. The molecule has 1 saturated heterocycles. The maximum absolute atomic E-state index is 12.0. The van der Waals surface area contributed by atoms with Gasteiger partial charge >= 0.3 is 5.97 Å². The molecule has 16 heavy (non-hydrogen) atoms. The first-order chi connectivity index (χ1) is 7.74. The Morgan fingerprint density at radius 3 is 3.00 bits per heavy atom. The molecular formula is C11H14N2O3. The van der Waals surface area contributed by atoms with Crippen molar-refractivity contribution in [3.8, 4) is 0 Å². The summed E-state index contributed by atoms with van der Waals surface area (Å²) >= 11 is 0. The van der Waals surface area contributed by atoms with Gasteiger partial charge in [-0.2, -0.15) is 0 Å². The molecule has 1 aromatic rings. The number of ether oxygens (including phenoxy) is 1. The number of aromatic nitrogens is 1. The fourth-order valence-corrected chi connectivity index (χ4v) is 2.01. The molecule has 1 fully saturated rings. The van der Waals surface area contributed by atoms with Crippen LogP contribution in [-0.4, -0.2) is 41.5 Å². The van der Waals surface area contributed by atoms with Gasteiger partial charge in [-0.1, -0.05) is 0 Å². The van der Waals surface area contributed by atoms with E-state index in [9.17, 15) is 9.59 Å². The zero-order valence-electron chi connectivity index (χ0n) is 9.10. The average Bonchev–Trinajstić information content (AvgIpc) is 2.97. The Labute approximate surface area is 93.4 Å². The van der Waals surface area contributed by atoms with Crippen molar-refractivity contribution in [3.63, 3.8) is 0 Å². The second kappa shape index (κ2) is 4.38. The largest absolute Gasteiger partial charge is 0.467 e. The number of rotatable bonds is 2. The average molecular weight is 222 g/mol. The van der Waals surface area contributed by atoms with Gasteiger partial charge in [0.2, 0.25) is 0 Å². The normalized spacial score (nSPS) is 19.8. The third kappa shape index (κ3) is 1.80. The predicted molar refractivity (Wildman–Crippen MR) is 56.9 cm³/mol. The van der Waals surface area contributed by atoms with E-state index in [1.165, 1.54) is 7.11 Å². The van der Waals surface area contributed by atoms with E-state index in [1.54, 1.807) is 23.2 Å². The quantitative estimate of drug-likeness (QED) is 0.752. The van der Waals surface area contributed by atoms with Crippen LogP contribution in [0.15, 0.2) is 18.3 Å². The lowest BCUT2D eigenvalue weighted by Gasteiger charge is -2.21. The Balaban J connectivity index is 2.14. The molecular weight excluding hydrogens is 208 g/mol. The number of carbonyl (C=O) groups is 2. The van der Waals surface area contributed by atoms with E-state index in [1.807, 2.05) is 0 Å². The number of methoxy groups -OCH3 is 1. The highest BCUT2D eigenvalue weighted by Gasteiger charge is 2.35. The van der Waals surface area contributed by atoms with E-state index in [0.29, 0.717) is 18.7 Å². The molecule has 0 unspecified atom stereocenters. The maximum atomic E-state index is 12.0. The minimum absolute atomic E-state index is 0.141. The summed E-state index contributed by atoms with van der Waals surface area (Å²) in [6, 6.07) is 3.03. The Kier molecular flexibility index (Phi) is 2.94. The van der Waals surface area contributed by atoms with E-state index in [4.69, 9.17) is 0 Å². The number of nitrogens with one attached hydrogen (secondary N) is 1. The number of hydrogen-bond donors (Lipinski definition) is 1. The number of esters is 1. The van der Waals surface area contributed by atoms with E-state index >= 15 is 0 Å². The summed E-state index contributed by atoms with van der Waals surface area (Å²) in [7, 11) is 1.35. The van der Waals surface area contributed by atoms with Crippen LogP contribution in [0.3, 0.4) is 0 Å². The topological polar surface area (TPSA) is 62.4 Å². The van der Waals surface area contributed by atoms with Crippen molar-refractivity contribution in [2.75, 3.05) is 13.7 Å². The lowest BCUT2D eigenvalue weighted by atomic mass is 10.2. The standard InChI is InChI=1S/C11H14N2O3/c1-16-11(15)9-5-3-7-13(9)10(14)8-4-2-6-12-8/h2,4,6,9,12H,3,5,7H2,1H3/t9-/m0/s1. The summed E-state index contributed by atoms with van der Waals surface area (Å²) in [5, 5.41) is 0. The van der Waals surface area contributed by atoms with Gasteiger partial charge in [0.1, 0.15) is 11.7 Å². The smallest absolute Gasteiger partial charge is 0.328 e. The summed E-state index contributed by atoms with van der Waals surface area (Å²) < 4.78 is 4.69. The van der Waals surface area contributed by atoms with Crippen molar-refractivity contribution in [2.24, 2.45) is 0 Å². The summed E-state index contributed by atoms with van der Waals surface area (Å²) in [5.74, 6) is -0.477. The number of aromatic amines is 1. The minimum atomic E-state index is -0.430. The molecule has 1 atom stereocenters. The number of nitrogens with zero attached hydrogens (tertiary/aromatic N) is 1. The number of amides is 1. The van der Waals surface area contributed by atoms with Gasteiger partial charge in [0.25, 0.3) is 5.91 Å². The number of carbonyl (C=O) groups excluding carboxylic acids is 2. The highest BCUT2D eigenvalue weighted by molar-refractivity contribution is 5.95. The molecule has 1 aliphatic heterocycles. The van der Waals surface area contributed by atoms with Crippen molar-refractivity contribution in [1.29, 1.82) is 0 Å². The molecule has 0 spiro atoms. The van der Waals surface area contributed by atoms with E-state index in [0.717, 1.165) is 6.42 Å². The van der Waals surface area contributed by atoms with Gasteiger partial charge in [-0.3, -0.25) is 4.79 Å². The number of hydrogen-bond acceptors (Lipinski definition) is 3. The van der Waals surface area contributed by atoms with Crippen LogP contribution in [0, 0.1) is 0 Å². The molecule has 1 amide bonds. The first kappa shape index (κ1) is 10.7. The number of likely N-dealkylation sites (tertiary alicyclic amines) is 1. The summed E-state index contributed by atoms with van der Waals surface area (Å²) in [4.78, 5) is 27.9. The second-order valence-electron chi connectivity index (χ2n) is 3.76. The van der Waals surface area contributed by atoms with Gasteiger partial charge in [0.05, 0.1) is 7.11 Å². The Hall–Kier alpha value is -1.78. The Morgan fingerprint density at radius 2 is 2.38 bits per heavy atom. The van der Waals surface area contributed by atoms with Gasteiger partial charge in [-0.05, 0) is 25.0 Å². The minimum Gasteiger partial charge on any atom is -0.467 e. The Bertz CT molecular complexity index is 386. The molecule has 86 valence electrons. The monoisotopic (exact) mass is 222 g/mol.